The van der Waals surface area contributed by atoms with Gasteiger partial charge in [0.1, 0.15) is 5.69 Å². The van der Waals surface area contributed by atoms with Crippen LogP contribution in [0.1, 0.15) is 36.7 Å². The van der Waals surface area contributed by atoms with Crippen molar-refractivity contribution in [2.45, 2.75) is 37.5 Å². The quantitative estimate of drug-likeness (QED) is 0.768. The van der Waals surface area contributed by atoms with E-state index in [0.29, 0.717) is 22.7 Å². The highest BCUT2D eigenvalue weighted by Gasteiger charge is 2.28. The highest BCUT2D eigenvalue weighted by atomic mass is 32.2. The largest absolute Gasteiger partial charge is 0.397 e. The number of carbonyl (C=O) groups excluding carboxylic acids is 1. The van der Waals surface area contributed by atoms with Crippen LogP contribution in [0.3, 0.4) is 0 Å². The van der Waals surface area contributed by atoms with E-state index in [2.05, 4.69) is 17.2 Å². The number of carbonyl (C=O) groups is 1. The Labute approximate surface area is 106 Å². The van der Waals surface area contributed by atoms with Gasteiger partial charge in [0.05, 0.1) is 0 Å². The molecule has 0 aliphatic heterocycles. The third-order valence-electron chi connectivity index (χ3n) is 3.10. The molecule has 0 bridgehead atoms. The van der Waals surface area contributed by atoms with Crippen LogP contribution < -0.4 is 11.1 Å². The van der Waals surface area contributed by atoms with Gasteiger partial charge in [-0.2, -0.15) is 11.8 Å². The highest BCUT2D eigenvalue weighted by Crippen LogP contribution is 2.30. The summed E-state index contributed by atoms with van der Waals surface area (Å²) in [6.07, 6.45) is 5.13. The molecule has 4 nitrogen and oxygen atoms in total. The first-order valence-electron chi connectivity index (χ1n) is 6.07. The molecule has 0 saturated heterocycles. The predicted molar refractivity (Wildman–Crippen MR) is 72.2 cm³/mol. The van der Waals surface area contributed by atoms with Crippen LogP contribution in [0, 0.1) is 0 Å². The van der Waals surface area contributed by atoms with Gasteiger partial charge in [-0.15, -0.1) is 0 Å². The van der Waals surface area contributed by atoms with Crippen molar-refractivity contribution in [1.82, 2.24) is 10.3 Å². The van der Waals surface area contributed by atoms with Crippen LogP contribution in [0.2, 0.25) is 0 Å². The van der Waals surface area contributed by atoms with Crippen molar-refractivity contribution in [3.05, 3.63) is 18.0 Å². The number of hydrogen-bond donors (Lipinski definition) is 3. The number of nitrogens with two attached hydrogens (primary N) is 1. The molecule has 1 fully saturated rings. The monoisotopic (exact) mass is 253 g/mol. The van der Waals surface area contributed by atoms with E-state index < -0.39 is 0 Å². The van der Waals surface area contributed by atoms with Crippen molar-refractivity contribution in [2.24, 2.45) is 0 Å². The predicted octanol–water partition coefficient (Wildman–Crippen LogP) is 2.00. The van der Waals surface area contributed by atoms with Crippen molar-refractivity contribution < 1.29 is 4.79 Å². The smallest absolute Gasteiger partial charge is 0.268 e. The van der Waals surface area contributed by atoms with Crippen molar-refractivity contribution in [1.29, 1.82) is 0 Å². The molecule has 17 heavy (non-hydrogen) atoms. The Morgan fingerprint density at radius 3 is 3.12 bits per heavy atom. The van der Waals surface area contributed by atoms with Crippen molar-refractivity contribution in [2.75, 3.05) is 11.5 Å². The Morgan fingerprint density at radius 1 is 1.65 bits per heavy atom. The lowest BCUT2D eigenvalue weighted by atomic mass is 10.2. The van der Waals surface area contributed by atoms with Gasteiger partial charge < -0.3 is 16.0 Å². The molecule has 94 valence electrons. The summed E-state index contributed by atoms with van der Waals surface area (Å²) in [5.41, 5.74) is 6.73. The minimum Gasteiger partial charge on any atom is -0.397 e. The van der Waals surface area contributed by atoms with Gasteiger partial charge in [0, 0.05) is 23.2 Å². The number of aromatic amines is 1. The summed E-state index contributed by atoms with van der Waals surface area (Å²) < 4.78 is 0. The molecular weight excluding hydrogens is 234 g/mol. The van der Waals surface area contributed by atoms with Crippen LogP contribution in [0.25, 0.3) is 0 Å². The molecule has 0 aromatic carbocycles. The fourth-order valence-electron chi connectivity index (χ4n) is 2.29. The maximum Gasteiger partial charge on any atom is 0.268 e. The summed E-state index contributed by atoms with van der Waals surface area (Å²) in [5.74, 6) is 1.06. The highest BCUT2D eigenvalue weighted by molar-refractivity contribution is 7.99. The molecule has 2 atom stereocenters. The Morgan fingerprint density at radius 2 is 2.47 bits per heavy atom. The van der Waals surface area contributed by atoms with Crippen LogP contribution in [0.15, 0.2) is 12.3 Å². The van der Waals surface area contributed by atoms with Gasteiger partial charge in [-0.3, -0.25) is 4.79 Å². The van der Waals surface area contributed by atoms with Crippen LogP contribution >= 0.6 is 11.8 Å². The van der Waals surface area contributed by atoms with E-state index in [0.717, 1.165) is 12.2 Å². The normalized spacial score (nSPS) is 23.8. The SMILES string of the molecule is CCSC1CCCC1NC(=O)c1cc(N)c[nH]1. The van der Waals surface area contributed by atoms with E-state index >= 15 is 0 Å². The van der Waals surface area contributed by atoms with Gasteiger partial charge >= 0.3 is 0 Å². The molecule has 1 amide bonds. The molecule has 2 rings (SSSR count). The maximum absolute atomic E-state index is 12.0. The number of aromatic nitrogens is 1. The van der Waals surface area contributed by atoms with E-state index in [1.807, 2.05) is 11.8 Å². The summed E-state index contributed by atoms with van der Waals surface area (Å²) in [7, 11) is 0. The first kappa shape index (κ1) is 12.4. The molecule has 1 saturated carbocycles. The average Bonchev–Trinajstić information content (AvgIpc) is 2.89. The lowest BCUT2D eigenvalue weighted by Gasteiger charge is -2.19. The van der Waals surface area contributed by atoms with E-state index in [-0.39, 0.29) is 5.91 Å². The molecule has 1 aromatic heterocycles. The number of thioether (sulfide) groups is 1. The fourth-order valence-corrected chi connectivity index (χ4v) is 3.49. The number of H-pyrrole nitrogens is 1. The maximum atomic E-state index is 12.0. The molecule has 1 aromatic rings. The third kappa shape index (κ3) is 2.97. The van der Waals surface area contributed by atoms with Crippen LogP contribution in [-0.4, -0.2) is 27.9 Å². The second-order valence-electron chi connectivity index (χ2n) is 4.35. The molecule has 1 aliphatic carbocycles. The molecule has 2 unspecified atom stereocenters. The van der Waals surface area contributed by atoms with Gasteiger partial charge in [-0.1, -0.05) is 13.3 Å². The van der Waals surface area contributed by atoms with Gasteiger partial charge in [-0.05, 0) is 24.7 Å². The molecule has 0 spiro atoms. The fraction of sp³-hybridized carbons (Fsp3) is 0.583. The number of amides is 1. The second-order valence-corrected chi connectivity index (χ2v) is 5.87. The average molecular weight is 253 g/mol. The lowest BCUT2D eigenvalue weighted by Crippen LogP contribution is -2.38. The van der Waals surface area contributed by atoms with E-state index in [1.54, 1.807) is 12.3 Å². The first-order chi connectivity index (χ1) is 8.20. The minimum absolute atomic E-state index is 0.0460. The molecule has 1 heterocycles. The second kappa shape index (κ2) is 5.49. The summed E-state index contributed by atoms with van der Waals surface area (Å²) in [6, 6.07) is 1.98. The van der Waals surface area contributed by atoms with Crippen LogP contribution in [0.4, 0.5) is 5.69 Å². The minimum atomic E-state index is -0.0460. The number of nitrogen functional groups attached to an aromatic ring is 1. The Bertz CT molecular complexity index is 391. The van der Waals surface area contributed by atoms with Gasteiger partial charge in [0.25, 0.3) is 5.91 Å². The van der Waals surface area contributed by atoms with Crippen molar-refractivity contribution in [3.63, 3.8) is 0 Å². The zero-order valence-corrected chi connectivity index (χ0v) is 10.8. The van der Waals surface area contributed by atoms with Crippen molar-refractivity contribution in [3.8, 4) is 0 Å². The van der Waals surface area contributed by atoms with Crippen LogP contribution in [0.5, 0.6) is 0 Å². The van der Waals surface area contributed by atoms with E-state index in [9.17, 15) is 4.79 Å². The third-order valence-corrected chi connectivity index (χ3v) is 4.43. The van der Waals surface area contributed by atoms with E-state index in [1.165, 1.54) is 12.8 Å². The summed E-state index contributed by atoms with van der Waals surface area (Å²) in [4.78, 5) is 14.8. The number of nitrogens with one attached hydrogen (secondary N) is 2. The Hall–Kier alpha value is -1.10. The molecule has 0 radical (unpaired) electrons. The van der Waals surface area contributed by atoms with Gasteiger partial charge in [-0.25, -0.2) is 0 Å². The first-order valence-corrected chi connectivity index (χ1v) is 7.12. The molecular formula is C12H19N3OS. The lowest BCUT2D eigenvalue weighted by molar-refractivity contribution is 0.0934. The van der Waals surface area contributed by atoms with Crippen LogP contribution in [-0.2, 0) is 0 Å². The topological polar surface area (TPSA) is 70.9 Å². The van der Waals surface area contributed by atoms with Gasteiger partial charge in [0.15, 0.2) is 0 Å². The van der Waals surface area contributed by atoms with Gasteiger partial charge in [0.2, 0.25) is 0 Å². The molecule has 5 heteroatoms. The zero-order valence-electron chi connectivity index (χ0n) is 10.0. The summed E-state index contributed by atoms with van der Waals surface area (Å²) in [5, 5.41) is 3.66. The Balaban J connectivity index is 1.94. The zero-order chi connectivity index (χ0) is 12.3. The molecule has 1 aliphatic rings. The Kier molecular flexibility index (Phi) is 3.99. The number of hydrogen-bond acceptors (Lipinski definition) is 3. The van der Waals surface area contributed by atoms with Crippen molar-refractivity contribution >= 4 is 23.4 Å². The number of anilines is 1. The summed E-state index contributed by atoms with van der Waals surface area (Å²) in [6.45, 7) is 2.16. The number of rotatable bonds is 4. The molecule has 4 N–H and O–H groups in total. The van der Waals surface area contributed by atoms with E-state index in [4.69, 9.17) is 5.73 Å². The summed E-state index contributed by atoms with van der Waals surface area (Å²) >= 11 is 1.94. The standard InChI is InChI=1S/C12H19N3OS/c1-2-17-11-5-3-4-9(11)15-12(16)10-6-8(13)7-14-10/h6-7,9,11,14H,2-5,13H2,1H3,(H,15,16).